The summed E-state index contributed by atoms with van der Waals surface area (Å²) < 4.78 is 19.1. The molecule has 0 saturated carbocycles. The number of esters is 2. The van der Waals surface area contributed by atoms with Crippen molar-refractivity contribution in [2.75, 3.05) is 13.2 Å². The van der Waals surface area contributed by atoms with Crippen molar-refractivity contribution in [3.8, 4) is 0 Å². The predicted octanol–water partition coefficient (Wildman–Crippen LogP) is 8.17. The maximum atomic E-state index is 11.4. The molecule has 1 aliphatic heterocycles. The first-order valence-electron chi connectivity index (χ1n) is 13.8. The molecule has 0 bridgehead atoms. The normalized spacial score (nSPS) is 12.1. The van der Waals surface area contributed by atoms with Crippen LogP contribution in [0.2, 0.25) is 15.6 Å². The van der Waals surface area contributed by atoms with Gasteiger partial charge in [-0.1, -0.05) is 64.7 Å². The Labute approximate surface area is 349 Å². The van der Waals surface area contributed by atoms with E-state index in [0.29, 0.717) is 19.8 Å². The zero-order valence-electron chi connectivity index (χ0n) is 27.9. The molecule has 6 N–H and O–H groups in total. The van der Waals surface area contributed by atoms with Gasteiger partial charge >= 0.3 is 78.6 Å². The molecule has 2 rings (SSSR count). The first-order chi connectivity index (χ1) is 22.7. The second-order valence-electron chi connectivity index (χ2n) is 9.76. The number of hydrogen-bond acceptors (Lipinski definition) is 11. The molecule has 1 aromatic rings. The number of nitrogens with zero attached hydrogens (tertiary/aromatic N) is 2. The minimum atomic E-state index is -3.22. The third kappa shape index (κ3) is 31.4. The fourth-order valence-corrected chi connectivity index (χ4v) is 4.19. The number of amides is 6. The van der Waals surface area contributed by atoms with E-state index in [1.54, 1.807) is 41.5 Å². The van der Waals surface area contributed by atoms with E-state index in [2.05, 4.69) is 95.1 Å². The van der Waals surface area contributed by atoms with E-state index in [1.807, 2.05) is 24.5 Å². The molecular formula is C25H39Cl6I2N6O9PV. The van der Waals surface area contributed by atoms with Gasteiger partial charge in [0.1, 0.15) is 16.2 Å². The number of primary amides is 2. The average molecular weight is 1120 g/mol. The summed E-state index contributed by atoms with van der Waals surface area (Å²) in [6.07, 6.45) is 0. The van der Waals surface area contributed by atoms with Crippen LogP contribution in [0.15, 0.2) is 0 Å². The zero-order valence-corrected chi connectivity index (χ0v) is 39.1. The third-order valence-corrected chi connectivity index (χ3v) is 5.60. The molecule has 0 radical (unpaired) electrons. The van der Waals surface area contributed by atoms with E-state index in [0.717, 1.165) is 5.56 Å². The SMILES string of the molecule is CC(C)C1C(=O)NC(=O)NC1=O.CC(C)c1c(Cl)nc(Cl)nc1Cl.CCOC(=O)C(C(=O)OCC)C(C)C.NC(N)=O.O=P(Cl)(Cl)Cl.[I][V][I]. The molecule has 0 atom stereocenters. The second kappa shape index (κ2) is 31.3. The Morgan fingerprint density at radius 3 is 1.36 bits per heavy atom. The molecule has 1 fully saturated rings. The van der Waals surface area contributed by atoms with Crippen LogP contribution in [0.4, 0.5) is 9.59 Å². The van der Waals surface area contributed by atoms with Gasteiger partial charge in [-0.15, -0.1) is 0 Å². The Morgan fingerprint density at radius 2 is 1.14 bits per heavy atom. The van der Waals surface area contributed by atoms with E-state index in [-0.39, 0.29) is 36.3 Å². The van der Waals surface area contributed by atoms with Crippen LogP contribution in [0.1, 0.15) is 66.9 Å². The Balaban J connectivity index is -0.000000274. The summed E-state index contributed by atoms with van der Waals surface area (Å²) in [7, 11) is 0.628. The molecule has 1 saturated heterocycles. The quantitative estimate of drug-likeness (QED) is 0.0507. The van der Waals surface area contributed by atoms with Gasteiger partial charge in [0.15, 0.2) is 5.92 Å². The first kappa shape index (κ1) is 56.7. The van der Waals surface area contributed by atoms with Gasteiger partial charge < -0.3 is 20.9 Å². The molecule has 50 heavy (non-hydrogen) atoms. The molecule has 6 amide bonds. The van der Waals surface area contributed by atoms with Gasteiger partial charge in [0, 0.05) is 5.56 Å². The van der Waals surface area contributed by atoms with Crippen molar-refractivity contribution in [2.45, 2.75) is 61.3 Å². The number of urea groups is 2. The molecule has 289 valence electrons. The van der Waals surface area contributed by atoms with Crippen molar-refractivity contribution >= 4 is 149 Å². The molecule has 25 heteroatoms. The predicted molar refractivity (Wildman–Crippen MR) is 210 cm³/mol. The second-order valence-corrected chi connectivity index (χ2v) is 29.2. The summed E-state index contributed by atoms with van der Waals surface area (Å²) in [4.78, 5) is 72.1. The van der Waals surface area contributed by atoms with Crippen LogP contribution in [0, 0.1) is 23.7 Å². The van der Waals surface area contributed by atoms with Crippen LogP contribution in [0.25, 0.3) is 0 Å². The number of imide groups is 2. The fourth-order valence-electron chi connectivity index (χ4n) is 3.11. The number of barbiturate groups is 1. The Hall–Kier alpha value is -0.0856. The van der Waals surface area contributed by atoms with Gasteiger partial charge in [-0.2, -0.15) is 0 Å². The number of nitrogens with one attached hydrogen (secondary N) is 2. The molecular weight excluding hydrogens is 1080 g/mol. The van der Waals surface area contributed by atoms with Crippen LogP contribution in [-0.2, 0) is 42.7 Å². The topological polar surface area (TPSA) is 240 Å². The minimum absolute atomic E-state index is 0.0781. The summed E-state index contributed by atoms with van der Waals surface area (Å²) in [5, 5.41) is 1.58. The van der Waals surface area contributed by atoms with Gasteiger partial charge in [0.05, 0.1) is 13.2 Å². The number of rotatable bonds is 7. The number of hydrogen-bond donors (Lipinski definition) is 4. The summed E-state index contributed by atoms with van der Waals surface area (Å²) in [5.74, 6) is -3.58. The van der Waals surface area contributed by atoms with E-state index in [1.165, 1.54) is 0 Å². The number of halogens is 8. The summed E-state index contributed by atoms with van der Waals surface area (Å²) >= 11 is 35.7. The van der Waals surface area contributed by atoms with Crippen molar-refractivity contribution in [1.82, 2.24) is 20.6 Å². The molecule has 2 heterocycles. The first-order valence-corrected chi connectivity index (χ1v) is 28.3. The van der Waals surface area contributed by atoms with Crippen molar-refractivity contribution in [3.63, 3.8) is 0 Å². The Bertz CT molecular complexity index is 1230. The van der Waals surface area contributed by atoms with Gasteiger partial charge in [-0.05, 0) is 76.9 Å². The number of aromatic nitrogens is 2. The standard InChI is InChI=1S/C10H18O4.C7H7Cl3N2.C7H10N2O3.CH4N2O.Cl3OP.2HI.V/c1-5-13-9(11)8(7(3)4)10(12)14-6-2;1-3(2)4-5(8)11-7(10)12-6(4)9;1-3(2)4-5(10)8-7(12)9-6(4)11;2-1(3)4;1-5(2,3)4;;;/h7-8H,5-6H2,1-4H3;3H,1-2H3;3-4H,1-2H3,(H2,8,9,10,11,12);(H4,2,3,4);;2*1H;/q;;;;;;;+2/p-2. The van der Waals surface area contributed by atoms with E-state index in [4.69, 9.17) is 49.1 Å². The average Bonchev–Trinajstić information content (AvgIpc) is 2.87. The van der Waals surface area contributed by atoms with Crippen LogP contribution in [0.5, 0.6) is 0 Å². The Morgan fingerprint density at radius 1 is 0.840 bits per heavy atom. The number of carbonyl (C=O) groups excluding carboxylic acids is 6. The number of carbonyl (C=O) groups is 6. The number of ether oxygens (including phenoxy) is 2. The summed E-state index contributed by atoms with van der Waals surface area (Å²) in [5.41, 5.74) is 9.24. The van der Waals surface area contributed by atoms with Crippen LogP contribution >= 0.6 is 114 Å². The number of nitrogens with two attached hydrogens (primary N) is 2. The van der Waals surface area contributed by atoms with Crippen molar-refractivity contribution in [1.29, 1.82) is 0 Å². The molecule has 15 nitrogen and oxygen atoms in total. The molecule has 1 aliphatic rings. The fraction of sp³-hybridized carbons (Fsp3) is 0.600. The van der Waals surface area contributed by atoms with E-state index < -0.39 is 52.9 Å². The molecule has 0 unspecified atom stereocenters. The van der Waals surface area contributed by atoms with E-state index >= 15 is 0 Å². The van der Waals surface area contributed by atoms with Gasteiger partial charge in [-0.25, -0.2) is 19.6 Å². The third-order valence-electron chi connectivity index (χ3n) is 4.86. The van der Waals surface area contributed by atoms with Crippen molar-refractivity contribution < 1.29 is 52.3 Å². The van der Waals surface area contributed by atoms with Crippen molar-refractivity contribution in [3.05, 3.63) is 21.2 Å². The van der Waals surface area contributed by atoms with Crippen LogP contribution < -0.4 is 22.1 Å². The van der Waals surface area contributed by atoms with Crippen molar-refractivity contribution in [2.24, 2.45) is 35.1 Å². The van der Waals surface area contributed by atoms with Crippen LogP contribution in [-0.4, -0.2) is 59.0 Å². The van der Waals surface area contributed by atoms with E-state index in [9.17, 15) is 28.5 Å². The molecule has 1 aromatic heterocycles. The van der Waals surface area contributed by atoms with Crippen LogP contribution in [0.3, 0.4) is 0 Å². The molecule has 0 aromatic carbocycles. The molecule has 0 spiro atoms. The molecule has 0 aliphatic carbocycles. The van der Waals surface area contributed by atoms with Gasteiger partial charge in [0.25, 0.3) is 0 Å². The summed E-state index contributed by atoms with van der Waals surface area (Å²) in [6, 6.07) is -1.57. The maximum absolute atomic E-state index is 11.4. The summed E-state index contributed by atoms with van der Waals surface area (Å²) in [6.45, 7) is 15.0. The zero-order chi connectivity index (χ0) is 40.5. The van der Waals surface area contributed by atoms with Gasteiger partial charge in [-0.3, -0.25) is 34.4 Å². The van der Waals surface area contributed by atoms with Gasteiger partial charge in [0.2, 0.25) is 17.1 Å². The monoisotopic (exact) mass is 1110 g/mol. The Kier molecular flexibility index (Phi) is 35.4.